The number of hydrogen-bond donors (Lipinski definition) is 1. The molecule has 0 unspecified atom stereocenters. The molecule has 3 aromatic carbocycles. The van der Waals surface area contributed by atoms with Crippen LogP contribution in [0.4, 0.5) is 4.39 Å². The molecule has 43 heavy (non-hydrogen) atoms. The van der Waals surface area contributed by atoms with Crippen LogP contribution in [-0.2, 0) is 20.0 Å². The molecule has 10 nitrogen and oxygen atoms in total. The Bertz CT molecular complexity index is 1700. The predicted octanol–water partition coefficient (Wildman–Crippen LogP) is 3.19. The Balaban J connectivity index is 1.48. The van der Waals surface area contributed by atoms with E-state index in [0.29, 0.717) is 42.5 Å². The van der Waals surface area contributed by atoms with Crippen LogP contribution in [0.2, 0.25) is 5.02 Å². The maximum absolute atomic E-state index is 13.8. The zero-order valence-corrected chi connectivity index (χ0v) is 25.9. The number of hydrazone groups is 1. The number of aliphatic imine (C=N–C) groups is 1. The van der Waals surface area contributed by atoms with Gasteiger partial charge >= 0.3 is 0 Å². The summed E-state index contributed by atoms with van der Waals surface area (Å²) in [4.78, 5) is 6.45. The highest BCUT2D eigenvalue weighted by atomic mass is 35.5. The summed E-state index contributed by atoms with van der Waals surface area (Å²) in [6.07, 6.45) is 0. The minimum Gasteiger partial charge on any atom is -0.304 e. The minimum absolute atomic E-state index is 0.0452. The first-order chi connectivity index (χ1) is 20.5. The zero-order valence-electron chi connectivity index (χ0n) is 23.5. The van der Waals surface area contributed by atoms with Gasteiger partial charge in [0.15, 0.2) is 0 Å². The Morgan fingerprint density at radius 3 is 2.26 bits per heavy atom. The Labute approximate surface area is 256 Å². The maximum atomic E-state index is 13.8. The maximum Gasteiger partial charge on any atom is 0.264 e. The number of nitrogens with one attached hydrogen (secondary N) is 1. The lowest BCUT2D eigenvalue weighted by molar-refractivity contribution is 0.222. The molecular formula is C29H32ClFN6O4S2. The van der Waals surface area contributed by atoms with E-state index in [1.54, 1.807) is 12.1 Å². The fourth-order valence-electron chi connectivity index (χ4n) is 4.88. The van der Waals surface area contributed by atoms with Crippen molar-refractivity contribution in [3.63, 3.8) is 0 Å². The highest BCUT2D eigenvalue weighted by Gasteiger charge is 2.33. The Morgan fingerprint density at radius 2 is 1.60 bits per heavy atom. The van der Waals surface area contributed by atoms with Gasteiger partial charge in [-0.25, -0.2) is 35.9 Å². The zero-order chi connectivity index (χ0) is 30.6. The number of guanidine groups is 1. The van der Waals surface area contributed by atoms with Crippen LogP contribution in [-0.4, -0.2) is 94.8 Å². The Hall–Kier alpha value is -3.36. The SMILES string of the molecule is CN1CCN(S(=O)(=O)CCN=C(NS(=O)(=O)c2ccc(Cl)cc2)N2C[C@@H](c3ccccc3)C(c3ccc(F)cc3)=N2)CC1. The van der Waals surface area contributed by atoms with Crippen molar-refractivity contribution in [2.24, 2.45) is 10.1 Å². The van der Waals surface area contributed by atoms with Crippen molar-refractivity contribution in [2.45, 2.75) is 10.8 Å². The molecule has 2 heterocycles. The molecule has 5 rings (SSSR count). The van der Waals surface area contributed by atoms with E-state index in [2.05, 4.69) is 14.6 Å². The second kappa shape index (κ2) is 13.1. The molecule has 3 aromatic rings. The summed E-state index contributed by atoms with van der Waals surface area (Å²) in [5.41, 5.74) is 2.18. The van der Waals surface area contributed by atoms with E-state index in [1.165, 1.54) is 45.7 Å². The van der Waals surface area contributed by atoms with E-state index in [-0.39, 0.29) is 35.6 Å². The van der Waals surface area contributed by atoms with Crippen molar-refractivity contribution in [3.05, 3.63) is 101 Å². The van der Waals surface area contributed by atoms with E-state index in [0.717, 1.165) is 5.56 Å². The molecule has 1 atom stereocenters. The number of piperazine rings is 1. The lowest BCUT2D eigenvalue weighted by Gasteiger charge is -2.31. The van der Waals surface area contributed by atoms with Crippen LogP contribution in [0.1, 0.15) is 17.0 Å². The van der Waals surface area contributed by atoms with E-state index >= 15 is 0 Å². The largest absolute Gasteiger partial charge is 0.304 e. The fraction of sp³-hybridized carbons (Fsp3) is 0.310. The number of rotatable bonds is 8. The van der Waals surface area contributed by atoms with E-state index < -0.39 is 25.9 Å². The number of sulfonamides is 2. The van der Waals surface area contributed by atoms with Gasteiger partial charge < -0.3 is 4.90 Å². The van der Waals surface area contributed by atoms with Gasteiger partial charge in [-0.15, -0.1) is 0 Å². The van der Waals surface area contributed by atoms with Gasteiger partial charge in [0.05, 0.1) is 29.4 Å². The third kappa shape index (κ3) is 7.60. The standard InChI is InChI=1S/C29H32ClFN6O4S2/c1-35-16-18-36(19-17-35)42(38,39)20-15-32-29(34-43(40,41)26-13-9-24(30)10-14-26)37-21-27(22-5-3-2-4-6-22)28(33-37)23-7-11-25(31)12-8-23/h2-14,27H,15-21H2,1H3,(H,32,34)/t27-/m0/s1. The molecule has 0 bridgehead atoms. The molecule has 0 radical (unpaired) electrons. The van der Waals surface area contributed by atoms with Gasteiger partial charge in [-0.3, -0.25) is 0 Å². The van der Waals surface area contributed by atoms with E-state index in [9.17, 15) is 21.2 Å². The van der Waals surface area contributed by atoms with Crippen LogP contribution in [0.15, 0.2) is 93.9 Å². The van der Waals surface area contributed by atoms with Crippen molar-refractivity contribution in [2.75, 3.05) is 52.1 Å². The average Bonchev–Trinajstić information content (AvgIpc) is 3.43. The van der Waals surface area contributed by atoms with Gasteiger partial charge in [0.2, 0.25) is 16.0 Å². The number of halogens is 2. The summed E-state index contributed by atoms with van der Waals surface area (Å²) >= 11 is 5.96. The van der Waals surface area contributed by atoms with Crippen molar-refractivity contribution in [1.29, 1.82) is 0 Å². The van der Waals surface area contributed by atoms with Crippen molar-refractivity contribution in [1.82, 2.24) is 18.9 Å². The molecule has 0 aromatic heterocycles. The van der Waals surface area contributed by atoms with E-state index in [4.69, 9.17) is 16.7 Å². The second-order valence-corrected chi connectivity index (χ2v) is 14.5. The summed E-state index contributed by atoms with van der Waals surface area (Å²) in [6, 6.07) is 21.1. The molecule has 0 aliphatic carbocycles. The summed E-state index contributed by atoms with van der Waals surface area (Å²) in [5, 5.41) is 6.53. The molecule has 228 valence electrons. The van der Waals surface area contributed by atoms with Crippen LogP contribution in [0.5, 0.6) is 0 Å². The van der Waals surface area contributed by atoms with Gasteiger partial charge in [0.25, 0.3) is 10.0 Å². The number of hydrogen-bond acceptors (Lipinski definition) is 7. The molecule has 14 heteroatoms. The molecule has 1 fully saturated rings. The first-order valence-corrected chi connectivity index (χ1v) is 17.1. The third-order valence-corrected chi connectivity index (χ3v) is 10.8. The molecular weight excluding hydrogens is 615 g/mol. The van der Waals surface area contributed by atoms with Crippen LogP contribution >= 0.6 is 11.6 Å². The summed E-state index contributed by atoms with van der Waals surface area (Å²) < 4.78 is 70.6. The van der Waals surface area contributed by atoms with E-state index in [1.807, 2.05) is 37.4 Å². The molecule has 1 N–H and O–H groups in total. The highest BCUT2D eigenvalue weighted by Crippen LogP contribution is 2.29. The third-order valence-electron chi connectivity index (χ3n) is 7.32. The Morgan fingerprint density at radius 1 is 0.953 bits per heavy atom. The van der Waals surface area contributed by atoms with Crippen LogP contribution in [0, 0.1) is 5.82 Å². The topological polar surface area (TPSA) is 115 Å². The smallest absolute Gasteiger partial charge is 0.264 e. The normalized spacial score (nSPS) is 19.0. The molecule has 0 saturated carbocycles. The van der Waals surface area contributed by atoms with Gasteiger partial charge in [0.1, 0.15) is 5.82 Å². The second-order valence-electron chi connectivity index (χ2n) is 10.3. The first kappa shape index (κ1) is 31.1. The van der Waals surface area contributed by atoms with Crippen LogP contribution in [0.25, 0.3) is 0 Å². The van der Waals surface area contributed by atoms with Gasteiger partial charge in [-0.2, -0.15) is 9.41 Å². The summed E-state index contributed by atoms with van der Waals surface area (Å²) in [5.74, 6) is -1.12. The van der Waals surface area contributed by atoms with Crippen molar-refractivity contribution >= 4 is 43.3 Å². The number of likely N-dealkylation sites (N-methyl/N-ethyl adjacent to an activating group) is 1. The summed E-state index contributed by atoms with van der Waals surface area (Å²) in [7, 11) is -5.82. The minimum atomic E-state index is -4.14. The first-order valence-electron chi connectivity index (χ1n) is 13.7. The average molecular weight is 647 g/mol. The lowest BCUT2D eigenvalue weighted by atomic mass is 9.91. The summed E-state index contributed by atoms with van der Waals surface area (Å²) in [6.45, 7) is 2.04. The highest BCUT2D eigenvalue weighted by molar-refractivity contribution is 7.90. The van der Waals surface area contributed by atoms with Gasteiger partial charge in [-0.05, 0) is 54.6 Å². The molecule has 0 spiro atoms. The van der Waals surface area contributed by atoms with Crippen molar-refractivity contribution < 1.29 is 21.2 Å². The van der Waals surface area contributed by atoms with Crippen LogP contribution < -0.4 is 4.72 Å². The number of benzene rings is 3. The lowest BCUT2D eigenvalue weighted by Crippen LogP contribution is -2.48. The van der Waals surface area contributed by atoms with Crippen molar-refractivity contribution in [3.8, 4) is 0 Å². The quantitative estimate of drug-likeness (QED) is 0.297. The van der Waals surface area contributed by atoms with Crippen LogP contribution in [0.3, 0.4) is 0 Å². The fourth-order valence-corrected chi connectivity index (χ4v) is 7.33. The molecule has 0 amide bonds. The van der Waals surface area contributed by atoms with Gasteiger partial charge in [0, 0.05) is 37.1 Å². The monoisotopic (exact) mass is 646 g/mol. The molecule has 2 aliphatic heterocycles. The predicted molar refractivity (Wildman–Crippen MR) is 166 cm³/mol. The number of nitrogens with zero attached hydrogens (tertiary/aromatic N) is 5. The molecule has 1 saturated heterocycles. The Kier molecular flexibility index (Phi) is 9.47. The van der Waals surface area contributed by atoms with Gasteiger partial charge in [-0.1, -0.05) is 54.1 Å². The molecule has 2 aliphatic rings.